The number of nitrogens with one attached hydrogen (secondary N) is 1. The zero-order chi connectivity index (χ0) is 14.7. The van der Waals surface area contributed by atoms with Crippen molar-refractivity contribution >= 4 is 0 Å². The van der Waals surface area contributed by atoms with E-state index in [2.05, 4.69) is 48.6 Å². The number of nitrogens with zero attached hydrogens (tertiary/aromatic N) is 1. The summed E-state index contributed by atoms with van der Waals surface area (Å²) in [6.07, 6.45) is 10.7. The van der Waals surface area contributed by atoms with Crippen molar-refractivity contribution in [1.29, 1.82) is 0 Å². The van der Waals surface area contributed by atoms with Crippen molar-refractivity contribution in [3.8, 4) is 0 Å². The largest absolute Gasteiger partial charge is 0.317 e. The van der Waals surface area contributed by atoms with Crippen LogP contribution in [0.1, 0.15) is 62.1 Å². The number of hydrogen-bond donors (Lipinski definition) is 1. The number of fused-ring (bicyclic) bond motifs is 1. The van der Waals surface area contributed by atoms with E-state index >= 15 is 0 Å². The summed E-state index contributed by atoms with van der Waals surface area (Å²) in [6, 6.07) is 11.3. The molecule has 2 aliphatic rings. The molecule has 0 aliphatic heterocycles. The van der Waals surface area contributed by atoms with E-state index in [-0.39, 0.29) is 0 Å². The first-order valence-electron chi connectivity index (χ1n) is 8.76. The Morgan fingerprint density at radius 2 is 1.76 bits per heavy atom. The minimum atomic E-state index is 0.639. The Labute approximate surface area is 129 Å². The van der Waals surface area contributed by atoms with Crippen LogP contribution in [0.2, 0.25) is 0 Å². The second kappa shape index (κ2) is 6.93. The summed E-state index contributed by atoms with van der Waals surface area (Å²) in [6.45, 7) is 0. The summed E-state index contributed by atoms with van der Waals surface area (Å²) < 4.78 is 0. The molecule has 0 aromatic heterocycles. The van der Waals surface area contributed by atoms with Gasteiger partial charge in [-0.25, -0.2) is 0 Å². The highest BCUT2D eigenvalue weighted by Gasteiger charge is 2.29. The minimum Gasteiger partial charge on any atom is -0.317 e. The number of rotatable bonds is 3. The van der Waals surface area contributed by atoms with Crippen LogP contribution in [0.5, 0.6) is 0 Å². The van der Waals surface area contributed by atoms with Crippen molar-refractivity contribution in [2.24, 2.45) is 0 Å². The lowest BCUT2D eigenvalue weighted by atomic mass is 9.88. The van der Waals surface area contributed by atoms with Gasteiger partial charge in [0, 0.05) is 18.1 Å². The van der Waals surface area contributed by atoms with Gasteiger partial charge in [0.2, 0.25) is 0 Å². The molecule has 116 valence electrons. The average Bonchev–Trinajstić information content (AvgIpc) is 2.77. The molecule has 2 heteroatoms. The van der Waals surface area contributed by atoms with Gasteiger partial charge in [-0.15, -0.1) is 0 Å². The van der Waals surface area contributed by atoms with Gasteiger partial charge in [0.25, 0.3) is 0 Å². The third kappa shape index (κ3) is 3.32. The first-order valence-corrected chi connectivity index (χ1v) is 8.76. The van der Waals surface area contributed by atoms with E-state index in [1.54, 1.807) is 11.1 Å². The summed E-state index contributed by atoms with van der Waals surface area (Å²) in [5.74, 6) is 0. The standard InChI is InChI=1S/C19H30N2/c1-20-16-11-13-17(14-12-16)21(2)19-10-6-4-8-15-7-3-5-9-18(15)19/h3,5,7,9,16-17,19-20H,4,6,8,10-14H2,1-2H3. The van der Waals surface area contributed by atoms with Gasteiger partial charge in [0.05, 0.1) is 0 Å². The maximum atomic E-state index is 3.45. The number of hydrogen-bond acceptors (Lipinski definition) is 2. The van der Waals surface area contributed by atoms with E-state index < -0.39 is 0 Å². The Balaban J connectivity index is 1.74. The maximum absolute atomic E-state index is 3.45. The molecule has 1 aromatic carbocycles. The highest BCUT2D eigenvalue weighted by Crippen LogP contribution is 2.36. The fraction of sp³-hybridized carbons (Fsp3) is 0.684. The molecule has 1 aromatic rings. The normalized spacial score (nSPS) is 30.0. The lowest BCUT2D eigenvalue weighted by molar-refractivity contribution is 0.121. The first kappa shape index (κ1) is 15.1. The molecule has 2 nitrogen and oxygen atoms in total. The van der Waals surface area contributed by atoms with Crippen molar-refractivity contribution in [1.82, 2.24) is 10.2 Å². The first-order chi connectivity index (χ1) is 10.3. The van der Waals surface area contributed by atoms with Crippen LogP contribution in [0.3, 0.4) is 0 Å². The van der Waals surface area contributed by atoms with Crippen LogP contribution < -0.4 is 5.32 Å². The summed E-state index contributed by atoms with van der Waals surface area (Å²) in [4.78, 5) is 2.70. The van der Waals surface area contributed by atoms with Gasteiger partial charge in [-0.05, 0) is 70.2 Å². The van der Waals surface area contributed by atoms with E-state index in [0.29, 0.717) is 6.04 Å². The van der Waals surface area contributed by atoms with Gasteiger partial charge >= 0.3 is 0 Å². The average molecular weight is 286 g/mol. The van der Waals surface area contributed by atoms with Gasteiger partial charge in [-0.2, -0.15) is 0 Å². The Bertz CT molecular complexity index is 449. The van der Waals surface area contributed by atoms with Crippen LogP contribution in [-0.2, 0) is 6.42 Å². The van der Waals surface area contributed by atoms with E-state index in [4.69, 9.17) is 0 Å². The smallest absolute Gasteiger partial charge is 0.0350 e. The Kier molecular flexibility index (Phi) is 4.97. The van der Waals surface area contributed by atoms with Crippen molar-refractivity contribution in [2.75, 3.05) is 14.1 Å². The van der Waals surface area contributed by atoms with Crippen LogP contribution in [0.4, 0.5) is 0 Å². The second-order valence-corrected chi connectivity index (χ2v) is 6.92. The molecule has 3 rings (SSSR count). The molecule has 1 N–H and O–H groups in total. The van der Waals surface area contributed by atoms with Crippen molar-refractivity contribution < 1.29 is 0 Å². The predicted molar refractivity (Wildman–Crippen MR) is 89.6 cm³/mol. The molecule has 1 atom stereocenters. The lowest BCUT2D eigenvalue weighted by Crippen LogP contribution is -2.41. The Morgan fingerprint density at radius 1 is 1.00 bits per heavy atom. The fourth-order valence-corrected chi connectivity index (χ4v) is 4.34. The van der Waals surface area contributed by atoms with Gasteiger partial charge in [0.15, 0.2) is 0 Å². The Hall–Kier alpha value is -0.860. The molecule has 0 bridgehead atoms. The van der Waals surface area contributed by atoms with Gasteiger partial charge in [-0.1, -0.05) is 30.7 Å². The number of benzene rings is 1. The van der Waals surface area contributed by atoms with Crippen LogP contribution in [0, 0.1) is 0 Å². The molecule has 1 saturated carbocycles. The predicted octanol–water partition coefficient (Wildman–Crippen LogP) is 3.92. The molecule has 0 saturated heterocycles. The quantitative estimate of drug-likeness (QED) is 0.847. The molecule has 2 aliphatic carbocycles. The van der Waals surface area contributed by atoms with E-state index in [1.807, 2.05) is 0 Å². The summed E-state index contributed by atoms with van der Waals surface area (Å²) in [5, 5.41) is 3.45. The third-order valence-corrected chi connectivity index (χ3v) is 5.76. The molecule has 1 unspecified atom stereocenters. The zero-order valence-corrected chi connectivity index (χ0v) is 13.6. The fourth-order valence-electron chi connectivity index (χ4n) is 4.34. The highest BCUT2D eigenvalue weighted by atomic mass is 15.2. The van der Waals surface area contributed by atoms with Crippen LogP contribution in [0.15, 0.2) is 24.3 Å². The topological polar surface area (TPSA) is 15.3 Å². The van der Waals surface area contributed by atoms with Gasteiger partial charge < -0.3 is 5.32 Å². The molecule has 0 spiro atoms. The van der Waals surface area contributed by atoms with Crippen molar-refractivity contribution in [2.45, 2.75) is 69.5 Å². The van der Waals surface area contributed by atoms with E-state index in [9.17, 15) is 0 Å². The molecular formula is C19H30N2. The molecule has 0 amide bonds. The third-order valence-electron chi connectivity index (χ3n) is 5.76. The monoisotopic (exact) mass is 286 g/mol. The van der Waals surface area contributed by atoms with Gasteiger partial charge in [-0.3, -0.25) is 4.90 Å². The number of aryl methyl sites for hydroxylation is 1. The van der Waals surface area contributed by atoms with Crippen LogP contribution >= 0.6 is 0 Å². The second-order valence-electron chi connectivity index (χ2n) is 6.92. The van der Waals surface area contributed by atoms with Gasteiger partial charge in [0.1, 0.15) is 0 Å². The van der Waals surface area contributed by atoms with E-state index in [0.717, 1.165) is 12.1 Å². The van der Waals surface area contributed by atoms with Crippen molar-refractivity contribution in [3.63, 3.8) is 0 Å². The van der Waals surface area contributed by atoms with Crippen molar-refractivity contribution in [3.05, 3.63) is 35.4 Å². The molecule has 0 heterocycles. The molecule has 0 radical (unpaired) electrons. The maximum Gasteiger partial charge on any atom is 0.0350 e. The zero-order valence-electron chi connectivity index (χ0n) is 13.6. The summed E-state index contributed by atoms with van der Waals surface area (Å²) in [5.41, 5.74) is 3.20. The Morgan fingerprint density at radius 3 is 2.52 bits per heavy atom. The van der Waals surface area contributed by atoms with Crippen LogP contribution in [-0.4, -0.2) is 31.1 Å². The molecule has 1 fully saturated rings. The summed E-state index contributed by atoms with van der Waals surface area (Å²) in [7, 11) is 4.48. The van der Waals surface area contributed by atoms with E-state index in [1.165, 1.54) is 51.4 Å². The lowest BCUT2D eigenvalue weighted by Gasteiger charge is -2.39. The highest BCUT2D eigenvalue weighted by molar-refractivity contribution is 5.31. The molecular weight excluding hydrogens is 256 g/mol. The molecule has 21 heavy (non-hydrogen) atoms. The SMILES string of the molecule is CNC1CCC(N(C)C2CCCCc3ccccc32)CC1. The summed E-state index contributed by atoms with van der Waals surface area (Å²) >= 11 is 0. The minimum absolute atomic E-state index is 0.639. The van der Waals surface area contributed by atoms with Crippen LogP contribution in [0.25, 0.3) is 0 Å².